The lowest BCUT2D eigenvalue weighted by molar-refractivity contribution is -0.185. The average Bonchev–Trinajstić information content (AvgIpc) is 3.07. The van der Waals surface area contributed by atoms with Crippen molar-refractivity contribution in [2.45, 2.75) is 90.3 Å². The topological polar surface area (TPSA) is 174 Å². The number of alkyl carbamates (subject to hydrolysis) is 1. The number of hydrogen-bond acceptors (Lipinski definition) is 8. The van der Waals surface area contributed by atoms with Crippen LogP contribution in [0.25, 0.3) is 16.5 Å². The summed E-state index contributed by atoms with van der Waals surface area (Å²) >= 11 is 0. The first-order valence-electron chi connectivity index (χ1n) is 18.0. The van der Waals surface area contributed by atoms with E-state index in [0.717, 1.165) is 0 Å². The Labute approximate surface area is 319 Å². The van der Waals surface area contributed by atoms with Gasteiger partial charge in [-0.1, -0.05) is 36.9 Å². The summed E-state index contributed by atoms with van der Waals surface area (Å²) < 4.78 is 78.7. The summed E-state index contributed by atoms with van der Waals surface area (Å²) in [5.41, 5.74) is 8.51. The number of unbranched alkanes of at least 4 members (excludes halogenated alkanes) is 1. The number of hydrogen-bond donors (Lipinski definition) is 1. The number of amides is 3. The molecular formula is C35H58F3N7O7SSi. The predicted octanol–water partition coefficient (Wildman–Crippen LogP) is 6.68. The Morgan fingerprint density at radius 3 is 2.06 bits per heavy atom. The van der Waals surface area contributed by atoms with Crippen LogP contribution in [0.3, 0.4) is 0 Å². The third-order valence-electron chi connectivity index (χ3n) is 7.82. The third kappa shape index (κ3) is 21.2. The molecule has 19 heteroatoms. The van der Waals surface area contributed by atoms with Crippen molar-refractivity contribution in [3.63, 3.8) is 0 Å². The van der Waals surface area contributed by atoms with Gasteiger partial charge in [0.2, 0.25) is 15.9 Å². The smallest absolute Gasteiger partial charge is 0.471 e. The highest BCUT2D eigenvalue weighted by Gasteiger charge is 2.42. The molecule has 0 fully saturated rings. The van der Waals surface area contributed by atoms with E-state index in [9.17, 15) is 36.0 Å². The first-order valence-corrected chi connectivity index (χ1v) is 23.3. The molecule has 1 rings (SSSR count). The van der Waals surface area contributed by atoms with Crippen LogP contribution in [0.5, 0.6) is 5.75 Å². The van der Waals surface area contributed by atoms with E-state index in [4.69, 9.17) is 15.0 Å². The fraction of sp³-hybridized carbons (Fsp3) is 0.686. The van der Waals surface area contributed by atoms with Crippen molar-refractivity contribution >= 4 is 42.1 Å². The van der Waals surface area contributed by atoms with Gasteiger partial charge in [0, 0.05) is 71.4 Å². The molecule has 0 aliphatic heterocycles. The number of ether oxygens (including phenoxy) is 2. The zero-order valence-corrected chi connectivity index (χ0v) is 34.5. The average molecular weight is 806 g/mol. The standard InChI is InChI=1S/C35H58F3N7O7SSi/c1-34(2,3)52-33(48)40-19-10-26-45(53(49,50)27-28-54(5,6)7)25-9-8-21-43(31(46)18-15-29-13-16-30(51-4)17-14-29)23-12-24-44(22-11-20-41-42-39)32(47)35(36,37)38/h13-18H,8-12,19-28H2,1-7H3,(H,40,48)/b18-15+. The van der Waals surface area contributed by atoms with Crippen LogP contribution in [0.4, 0.5) is 18.0 Å². The Hall–Kier alpha value is -3.80. The summed E-state index contributed by atoms with van der Waals surface area (Å²) in [6.07, 6.45) is -1.55. The van der Waals surface area contributed by atoms with Crippen LogP contribution in [0.2, 0.25) is 25.7 Å². The molecule has 0 aromatic heterocycles. The van der Waals surface area contributed by atoms with Crippen molar-refractivity contribution in [3.8, 4) is 5.75 Å². The Bertz CT molecular complexity index is 1510. The third-order valence-corrected chi connectivity index (χ3v) is 11.8. The molecule has 0 aliphatic carbocycles. The second-order valence-corrected chi connectivity index (χ2v) is 22.6. The highest BCUT2D eigenvalue weighted by atomic mass is 32.2. The largest absolute Gasteiger partial charge is 0.497 e. The zero-order valence-electron chi connectivity index (χ0n) is 32.7. The first-order chi connectivity index (χ1) is 25.1. The molecule has 0 unspecified atom stereocenters. The monoisotopic (exact) mass is 805 g/mol. The van der Waals surface area contributed by atoms with E-state index in [1.54, 1.807) is 51.1 Å². The molecule has 1 aromatic carbocycles. The minimum atomic E-state index is -5.10. The number of carbonyl (C=O) groups excluding carboxylic acids is 3. The van der Waals surface area contributed by atoms with Gasteiger partial charge in [0.25, 0.3) is 0 Å². The van der Waals surface area contributed by atoms with Gasteiger partial charge >= 0.3 is 18.2 Å². The summed E-state index contributed by atoms with van der Waals surface area (Å²) in [6, 6.07) is 7.54. The van der Waals surface area contributed by atoms with Crippen LogP contribution in [-0.2, 0) is 24.3 Å². The predicted molar refractivity (Wildman–Crippen MR) is 206 cm³/mol. The molecule has 0 spiro atoms. The number of halogens is 3. The number of nitrogens with one attached hydrogen (secondary N) is 1. The number of nitrogens with zero attached hydrogens (tertiary/aromatic N) is 6. The lowest BCUT2D eigenvalue weighted by atomic mass is 10.2. The maximum Gasteiger partial charge on any atom is 0.471 e. The number of carbonyl (C=O) groups is 3. The fourth-order valence-electron chi connectivity index (χ4n) is 4.95. The molecule has 0 atom stereocenters. The number of sulfonamides is 1. The van der Waals surface area contributed by atoms with Crippen LogP contribution in [0.1, 0.15) is 58.4 Å². The van der Waals surface area contributed by atoms with Gasteiger partial charge in [-0.25, -0.2) is 17.5 Å². The quantitative estimate of drug-likeness (QED) is 0.0303. The van der Waals surface area contributed by atoms with E-state index >= 15 is 0 Å². The summed E-state index contributed by atoms with van der Waals surface area (Å²) in [6.45, 7) is 11.6. The van der Waals surface area contributed by atoms with Gasteiger partial charge in [0.1, 0.15) is 11.4 Å². The number of rotatable bonds is 24. The molecule has 1 N–H and O–H groups in total. The van der Waals surface area contributed by atoms with E-state index in [0.29, 0.717) is 41.5 Å². The normalized spacial score (nSPS) is 12.4. The van der Waals surface area contributed by atoms with Gasteiger partial charge in [0.15, 0.2) is 0 Å². The Morgan fingerprint density at radius 1 is 0.907 bits per heavy atom. The number of azide groups is 1. The van der Waals surface area contributed by atoms with E-state index in [1.807, 2.05) is 0 Å². The summed E-state index contributed by atoms with van der Waals surface area (Å²) in [5, 5.41) is 5.96. The van der Waals surface area contributed by atoms with Crippen LogP contribution < -0.4 is 10.1 Å². The second-order valence-electron chi connectivity index (χ2n) is 14.9. The van der Waals surface area contributed by atoms with Crippen molar-refractivity contribution in [2.24, 2.45) is 5.11 Å². The number of methoxy groups -OCH3 is 1. The maximum absolute atomic E-state index is 13.5. The Kier molecular flexibility index (Phi) is 20.7. The van der Waals surface area contributed by atoms with Gasteiger partial charge in [-0.2, -0.15) is 13.2 Å². The van der Waals surface area contributed by atoms with Crippen molar-refractivity contribution < 1.29 is 45.4 Å². The van der Waals surface area contributed by atoms with E-state index in [2.05, 4.69) is 35.0 Å². The number of benzene rings is 1. The van der Waals surface area contributed by atoms with Gasteiger partial charge < -0.3 is 24.6 Å². The molecule has 0 bridgehead atoms. The number of alkyl halides is 3. The zero-order chi connectivity index (χ0) is 41.0. The second kappa shape index (κ2) is 23.2. The molecular weight excluding hydrogens is 748 g/mol. The molecule has 0 heterocycles. The van der Waals surface area contributed by atoms with Gasteiger partial charge in [0.05, 0.1) is 12.9 Å². The van der Waals surface area contributed by atoms with Crippen LogP contribution in [-0.4, -0.2) is 126 Å². The van der Waals surface area contributed by atoms with Crippen LogP contribution >= 0.6 is 0 Å². The molecule has 3 amide bonds. The summed E-state index contributed by atoms with van der Waals surface area (Å²) in [5.74, 6) is -1.79. The van der Waals surface area contributed by atoms with Crippen molar-refractivity contribution in [2.75, 3.05) is 65.2 Å². The molecule has 1 aromatic rings. The summed E-state index contributed by atoms with van der Waals surface area (Å²) in [4.78, 5) is 42.3. The minimum absolute atomic E-state index is 0.00100. The van der Waals surface area contributed by atoms with Crippen molar-refractivity contribution in [1.82, 2.24) is 19.4 Å². The van der Waals surface area contributed by atoms with E-state index in [-0.39, 0.29) is 71.0 Å². The molecule has 0 aliphatic rings. The molecule has 0 saturated carbocycles. The molecule has 0 saturated heterocycles. The van der Waals surface area contributed by atoms with E-state index < -0.39 is 47.8 Å². The minimum Gasteiger partial charge on any atom is -0.497 e. The van der Waals surface area contributed by atoms with Gasteiger partial charge in [-0.3, -0.25) is 9.59 Å². The lowest BCUT2D eigenvalue weighted by Gasteiger charge is -2.27. The SMILES string of the molecule is COc1ccc(/C=C/C(=O)N(CCCCN(CCCNC(=O)OC(C)(C)C)S(=O)(=O)CC[Si](C)(C)C)CCCN(CCCN=[N+]=[N-])C(=O)C(F)(F)F)cc1. The van der Waals surface area contributed by atoms with Gasteiger partial charge in [-0.05, 0) is 88.2 Å². The highest BCUT2D eigenvalue weighted by Crippen LogP contribution is 2.20. The van der Waals surface area contributed by atoms with Gasteiger partial charge in [-0.15, -0.1) is 0 Å². The van der Waals surface area contributed by atoms with Crippen molar-refractivity contribution in [3.05, 3.63) is 46.3 Å². The summed E-state index contributed by atoms with van der Waals surface area (Å²) in [7, 11) is -3.79. The Balaban J connectivity index is 3.08. The van der Waals surface area contributed by atoms with Crippen molar-refractivity contribution in [1.29, 1.82) is 0 Å². The van der Waals surface area contributed by atoms with Crippen LogP contribution in [0.15, 0.2) is 35.5 Å². The molecule has 0 radical (unpaired) electrons. The molecule has 54 heavy (non-hydrogen) atoms. The lowest BCUT2D eigenvalue weighted by Crippen LogP contribution is -2.43. The fourth-order valence-corrected chi connectivity index (χ4v) is 9.50. The Morgan fingerprint density at radius 2 is 1.48 bits per heavy atom. The van der Waals surface area contributed by atoms with Crippen LogP contribution in [0, 0.1) is 0 Å². The molecule has 14 nitrogen and oxygen atoms in total. The highest BCUT2D eigenvalue weighted by molar-refractivity contribution is 7.89. The maximum atomic E-state index is 13.5. The first kappa shape index (κ1) is 48.2. The molecule has 306 valence electrons. The van der Waals surface area contributed by atoms with E-state index in [1.165, 1.54) is 22.4 Å².